The van der Waals surface area contributed by atoms with E-state index < -0.39 is 0 Å². The van der Waals surface area contributed by atoms with Gasteiger partial charge in [0.25, 0.3) is 0 Å². The average molecular weight is 447 g/mol. The van der Waals surface area contributed by atoms with Crippen LogP contribution < -0.4 is 20.4 Å². The van der Waals surface area contributed by atoms with E-state index in [0.29, 0.717) is 11.8 Å². The summed E-state index contributed by atoms with van der Waals surface area (Å²) in [6.45, 7) is 3.83. The maximum atomic E-state index is 11.1. The summed E-state index contributed by atoms with van der Waals surface area (Å²) in [6, 6.07) is 14.5. The van der Waals surface area contributed by atoms with Gasteiger partial charge in [-0.3, -0.25) is 4.79 Å². The van der Waals surface area contributed by atoms with Crippen molar-refractivity contribution < 1.29 is 4.79 Å². The van der Waals surface area contributed by atoms with Gasteiger partial charge in [0.2, 0.25) is 0 Å². The van der Waals surface area contributed by atoms with E-state index in [1.807, 2.05) is 30.3 Å². The fourth-order valence-electron chi connectivity index (χ4n) is 3.49. The van der Waals surface area contributed by atoms with Crippen LogP contribution in [0.2, 0.25) is 0 Å². The molecule has 5 nitrogen and oxygen atoms in total. The first kappa shape index (κ1) is 22.3. The zero-order valence-corrected chi connectivity index (χ0v) is 18.9. The lowest BCUT2D eigenvalue weighted by atomic mass is 10.2. The van der Waals surface area contributed by atoms with E-state index in [1.54, 1.807) is 13.0 Å². The van der Waals surface area contributed by atoms with Crippen molar-refractivity contribution in [2.24, 2.45) is 0 Å². The molecule has 2 aromatic carbocycles. The van der Waals surface area contributed by atoms with Crippen LogP contribution in [0, 0.1) is 0 Å². The first-order valence-corrected chi connectivity index (χ1v) is 11.1. The molecule has 160 valence electrons. The van der Waals surface area contributed by atoms with E-state index in [2.05, 4.69) is 45.7 Å². The lowest BCUT2D eigenvalue weighted by Crippen LogP contribution is -2.38. The molecule has 0 fully saturated rings. The molecule has 1 atom stereocenters. The Balaban J connectivity index is 1.62. The minimum absolute atomic E-state index is 0.0451. The predicted octanol–water partition coefficient (Wildman–Crippen LogP) is 4.87. The number of benzene rings is 2. The first-order valence-electron chi connectivity index (χ1n) is 10.0. The molecule has 1 aliphatic rings. The largest absolute Gasteiger partial charge is 0.381 e. The highest BCUT2D eigenvalue weighted by molar-refractivity contribution is 6.18. The second kappa shape index (κ2) is 10.6. The van der Waals surface area contributed by atoms with Crippen molar-refractivity contribution in [3.63, 3.8) is 0 Å². The maximum absolute atomic E-state index is 11.1. The molecule has 1 heterocycles. The number of nitrogens with one attached hydrogen (secondary N) is 2. The smallest absolute Gasteiger partial charge is 0.152 e. The highest BCUT2D eigenvalue weighted by Gasteiger charge is 2.26. The Morgan fingerprint density at radius 2 is 1.87 bits per heavy atom. The number of anilines is 4. The Morgan fingerprint density at radius 1 is 1.17 bits per heavy atom. The van der Waals surface area contributed by atoms with Gasteiger partial charge >= 0.3 is 0 Å². The summed E-state index contributed by atoms with van der Waals surface area (Å²) in [5.41, 5.74) is 5.45. The van der Waals surface area contributed by atoms with Crippen molar-refractivity contribution in [2.45, 2.75) is 13.1 Å². The minimum atomic E-state index is 0.0451. The van der Waals surface area contributed by atoms with Crippen LogP contribution >= 0.6 is 23.2 Å². The second-order valence-corrected chi connectivity index (χ2v) is 8.04. The van der Waals surface area contributed by atoms with Crippen molar-refractivity contribution in [3.05, 3.63) is 54.1 Å². The Labute approximate surface area is 188 Å². The zero-order chi connectivity index (χ0) is 21.5. The minimum Gasteiger partial charge on any atom is -0.381 e. The number of rotatable bonds is 10. The second-order valence-electron chi connectivity index (χ2n) is 7.28. The molecule has 0 spiro atoms. The normalized spacial score (nSPS) is 15.2. The van der Waals surface area contributed by atoms with Crippen LogP contribution in [0.3, 0.4) is 0 Å². The molecule has 0 saturated carbocycles. The van der Waals surface area contributed by atoms with Crippen LogP contribution in [0.15, 0.2) is 48.5 Å². The lowest BCUT2D eigenvalue weighted by molar-refractivity contribution is -0.112. The molecule has 1 aliphatic heterocycles. The van der Waals surface area contributed by atoms with Crippen LogP contribution in [0.1, 0.15) is 12.5 Å². The third-order valence-electron chi connectivity index (χ3n) is 5.14. The van der Waals surface area contributed by atoms with Gasteiger partial charge in [0.15, 0.2) is 5.78 Å². The highest BCUT2D eigenvalue weighted by atomic mass is 35.5. The molecule has 30 heavy (non-hydrogen) atoms. The van der Waals surface area contributed by atoms with E-state index >= 15 is 0 Å². The fraction of sp³-hybridized carbons (Fsp3) is 0.348. The van der Waals surface area contributed by atoms with E-state index in [0.717, 1.165) is 42.3 Å². The van der Waals surface area contributed by atoms with E-state index in [1.165, 1.54) is 5.69 Å². The van der Waals surface area contributed by atoms with Crippen LogP contribution in [0.25, 0.3) is 6.08 Å². The number of carbonyl (C=O) groups excluding carboxylic acids is 1. The summed E-state index contributed by atoms with van der Waals surface area (Å²) in [5.74, 6) is 1.18. The summed E-state index contributed by atoms with van der Waals surface area (Å²) in [6.07, 6.45) is 3.54. The Hall–Kier alpha value is -2.37. The molecular weight excluding hydrogens is 419 g/mol. The Morgan fingerprint density at radius 3 is 2.50 bits per heavy atom. The molecule has 1 unspecified atom stereocenters. The molecule has 0 saturated heterocycles. The number of nitrogens with zero attached hydrogens (tertiary/aromatic N) is 2. The van der Waals surface area contributed by atoms with Crippen molar-refractivity contribution in [3.8, 4) is 0 Å². The van der Waals surface area contributed by atoms with Crippen molar-refractivity contribution in [1.82, 2.24) is 0 Å². The van der Waals surface area contributed by atoms with Crippen LogP contribution in [0.5, 0.6) is 0 Å². The van der Waals surface area contributed by atoms with Gasteiger partial charge < -0.3 is 20.4 Å². The third kappa shape index (κ3) is 5.61. The van der Waals surface area contributed by atoms with Gasteiger partial charge in [0.05, 0.1) is 17.9 Å². The summed E-state index contributed by atoms with van der Waals surface area (Å²) in [4.78, 5) is 15.5. The fourth-order valence-corrected chi connectivity index (χ4v) is 3.90. The molecule has 2 N–H and O–H groups in total. The standard InChI is InChI=1S/C23H28Cl2N4O/c1-17(30)3-4-18-5-7-19(8-6-18)26-16-23-27-21-15-20(9-10-22(21)28(23)2)29(13-11-24)14-12-25/h3-10,15,23,26-27H,11-14,16H2,1-2H3. The summed E-state index contributed by atoms with van der Waals surface area (Å²) < 4.78 is 0. The number of alkyl halides is 2. The van der Waals surface area contributed by atoms with Gasteiger partial charge in [-0.1, -0.05) is 18.2 Å². The lowest BCUT2D eigenvalue weighted by Gasteiger charge is -2.24. The number of allylic oxidation sites excluding steroid dienone is 1. The maximum Gasteiger partial charge on any atom is 0.152 e. The van der Waals surface area contributed by atoms with E-state index in [9.17, 15) is 4.79 Å². The number of ketones is 1. The van der Waals surface area contributed by atoms with E-state index in [4.69, 9.17) is 23.2 Å². The van der Waals surface area contributed by atoms with Crippen LogP contribution in [-0.2, 0) is 4.79 Å². The monoisotopic (exact) mass is 446 g/mol. The number of halogens is 2. The van der Waals surface area contributed by atoms with Gasteiger partial charge in [-0.2, -0.15) is 0 Å². The zero-order valence-electron chi connectivity index (χ0n) is 17.4. The quantitative estimate of drug-likeness (QED) is 0.402. The van der Waals surface area contributed by atoms with Gasteiger partial charge in [-0.25, -0.2) is 0 Å². The topological polar surface area (TPSA) is 47.6 Å². The average Bonchev–Trinajstić information content (AvgIpc) is 3.06. The molecule has 0 bridgehead atoms. The van der Waals surface area contributed by atoms with Crippen molar-refractivity contribution >= 4 is 57.8 Å². The third-order valence-corrected chi connectivity index (χ3v) is 5.48. The van der Waals surface area contributed by atoms with Gasteiger partial charge in [-0.15, -0.1) is 23.2 Å². The Bertz CT molecular complexity index is 879. The van der Waals surface area contributed by atoms with E-state index in [-0.39, 0.29) is 11.9 Å². The molecule has 0 aromatic heterocycles. The van der Waals surface area contributed by atoms with Gasteiger partial charge in [0.1, 0.15) is 6.17 Å². The molecule has 0 radical (unpaired) electrons. The number of likely N-dealkylation sites (N-methyl/N-ethyl adjacent to an activating group) is 1. The molecule has 7 heteroatoms. The SMILES string of the molecule is CC(=O)C=Cc1ccc(NCC2Nc3cc(N(CCCl)CCCl)ccc3N2C)cc1. The summed E-state index contributed by atoms with van der Waals surface area (Å²) in [7, 11) is 2.09. The van der Waals surface area contributed by atoms with Crippen molar-refractivity contribution in [1.29, 1.82) is 0 Å². The predicted molar refractivity (Wildman–Crippen MR) is 131 cm³/mol. The molecule has 0 aliphatic carbocycles. The van der Waals surface area contributed by atoms with Crippen LogP contribution in [0.4, 0.5) is 22.7 Å². The molecule has 3 rings (SSSR count). The van der Waals surface area contributed by atoms with Gasteiger partial charge in [-0.05, 0) is 48.9 Å². The number of carbonyl (C=O) groups is 1. The van der Waals surface area contributed by atoms with Crippen LogP contribution in [-0.4, -0.2) is 50.4 Å². The molecular formula is C23H28Cl2N4O. The number of hydrogen-bond donors (Lipinski definition) is 2. The highest BCUT2D eigenvalue weighted by Crippen LogP contribution is 2.36. The summed E-state index contributed by atoms with van der Waals surface area (Å²) >= 11 is 11.9. The number of fused-ring (bicyclic) bond motifs is 1. The first-order chi connectivity index (χ1) is 14.5. The molecule has 2 aromatic rings. The Kier molecular flexibility index (Phi) is 7.88. The number of hydrogen-bond acceptors (Lipinski definition) is 5. The van der Waals surface area contributed by atoms with Gasteiger partial charge in [0, 0.05) is 43.3 Å². The molecule has 0 amide bonds. The van der Waals surface area contributed by atoms with Crippen molar-refractivity contribution in [2.75, 3.05) is 58.9 Å². The summed E-state index contributed by atoms with van der Waals surface area (Å²) in [5, 5.41) is 7.08.